The summed E-state index contributed by atoms with van der Waals surface area (Å²) in [5.74, 6) is 0. The number of nitrogens with zero attached hydrogens (tertiary/aromatic N) is 2. The van der Waals surface area contributed by atoms with Gasteiger partial charge in [0.2, 0.25) is 0 Å². The van der Waals surface area contributed by atoms with Crippen LogP contribution in [0.25, 0.3) is 53.6 Å². The van der Waals surface area contributed by atoms with E-state index in [4.69, 9.17) is 4.99 Å². The van der Waals surface area contributed by atoms with E-state index in [0.29, 0.717) is 0 Å². The second-order valence-electron chi connectivity index (χ2n) is 9.43. The molecule has 1 aliphatic heterocycles. The van der Waals surface area contributed by atoms with Gasteiger partial charge in [-0.25, -0.2) is 0 Å². The van der Waals surface area contributed by atoms with Gasteiger partial charge in [-0.3, -0.25) is 4.99 Å². The fourth-order valence-electron chi connectivity index (χ4n) is 6.02. The largest absolute Gasteiger partial charge is 0.311 e. The molecule has 8 rings (SSSR count). The minimum atomic E-state index is 0.0652. The van der Waals surface area contributed by atoms with Gasteiger partial charge >= 0.3 is 0 Å². The predicted octanol–water partition coefficient (Wildman–Crippen LogP) is 8.79. The number of hydrogen-bond donors (Lipinski definition) is 0. The average molecular weight is 467 g/mol. The lowest BCUT2D eigenvalue weighted by atomic mass is 9.96. The number of allylic oxidation sites excluding steroid dienone is 2. The molecule has 2 nitrogen and oxygen atoms in total. The summed E-state index contributed by atoms with van der Waals surface area (Å²) in [4.78, 5) is 4.93. The molecule has 0 radical (unpaired) electrons. The molecule has 4 aromatic carbocycles. The Balaban J connectivity index is 1.55. The Labute approximate surface area is 207 Å². The summed E-state index contributed by atoms with van der Waals surface area (Å²) in [6, 6.07) is 28.5. The quantitative estimate of drug-likeness (QED) is 0.243. The molecule has 0 saturated heterocycles. The summed E-state index contributed by atoms with van der Waals surface area (Å²) in [5.41, 5.74) is 6.52. The highest BCUT2D eigenvalue weighted by molar-refractivity contribution is 7.27. The van der Waals surface area contributed by atoms with Crippen molar-refractivity contribution >= 4 is 71.2 Å². The van der Waals surface area contributed by atoms with Gasteiger partial charge in [0, 0.05) is 53.8 Å². The van der Waals surface area contributed by atoms with Crippen LogP contribution in [0.3, 0.4) is 0 Å². The van der Waals surface area contributed by atoms with Crippen molar-refractivity contribution in [2.24, 2.45) is 4.99 Å². The maximum absolute atomic E-state index is 4.93. The van der Waals surface area contributed by atoms with Crippen LogP contribution in [0.4, 0.5) is 0 Å². The highest BCUT2D eigenvalue weighted by Crippen LogP contribution is 2.48. The van der Waals surface area contributed by atoms with Crippen molar-refractivity contribution in [3.8, 4) is 0 Å². The van der Waals surface area contributed by atoms with Crippen LogP contribution in [-0.4, -0.2) is 10.8 Å². The van der Waals surface area contributed by atoms with Crippen molar-refractivity contribution in [1.29, 1.82) is 0 Å². The first-order valence-corrected chi connectivity index (χ1v) is 13.1. The Hall–Kier alpha value is -3.95. The average Bonchev–Trinajstić information content (AvgIpc) is 3.63. The van der Waals surface area contributed by atoms with E-state index in [1.165, 1.54) is 64.4 Å². The zero-order valence-electron chi connectivity index (χ0n) is 19.1. The third-order valence-electron chi connectivity index (χ3n) is 7.51. The molecule has 0 N–H and O–H groups in total. The smallest absolute Gasteiger partial charge is 0.0954 e. The standard InChI is InChI=1S/C32H22N2S/c1-2-10-20(11-3-1)26-18-21(19-33-26)34-27-16-8-6-14-24(27)29-30-25-15-7-9-17-28(25)35-32(30)23-13-5-4-12-22(23)31(29)34/h1-7,9-15,17-19,26H,8,16H2. The fraction of sp³-hybridized carbons (Fsp3) is 0.0938. The van der Waals surface area contributed by atoms with Crippen LogP contribution in [-0.2, 0) is 6.42 Å². The highest BCUT2D eigenvalue weighted by atomic mass is 32.1. The number of benzene rings is 4. The summed E-state index contributed by atoms with van der Waals surface area (Å²) < 4.78 is 5.27. The molecule has 2 aliphatic rings. The number of thiophene rings is 1. The normalized spacial score (nSPS) is 17.1. The lowest BCUT2D eigenvalue weighted by Gasteiger charge is -2.13. The number of hydrogen-bond acceptors (Lipinski definition) is 2. The molecule has 1 unspecified atom stereocenters. The molecule has 1 aliphatic carbocycles. The maximum Gasteiger partial charge on any atom is 0.0954 e. The molecule has 0 fully saturated rings. The molecule has 0 spiro atoms. The number of fused-ring (bicyclic) bond motifs is 10. The number of aromatic nitrogens is 1. The minimum Gasteiger partial charge on any atom is -0.311 e. The van der Waals surface area contributed by atoms with Gasteiger partial charge in [-0.1, -0.05) is 84.9 Å². The van der Waals surface area contributed by atoms with Crippen LogP contribution in [0.1, 0.15) is 29.3 Å². The van der Waals surface area contributed by atoms with Crippen molar-refractivity contribution in [3.05, 3.63) is 108 Å². The Morgan fingerprint density at radius 1 is 0.800 bits per heavy atom. The molecule has 35 heavy (non-hydrogen) atoms. The van der Waals surface area contributed by atoms with Crippen molar-refractivity contribution in [3.63, 3.8) is 0 Å². The van der Waals surface area contributed by atoms with E-state index >= 15 is 0 Å². The van der Waals surface area contributed by atoms with E-state index < -0.39 is 0 Å². The van der Waals surface area contributed by atoms with Crippen LogP contribution in [0.2, 0.25) is 0 Å². The summed E-state index contributed by atoms with van der Waals surface area (Å²) in [5, 5.41) is 6.81. The van der Waals surface area contributed by atoms with Gasteiger partial charge in [0.25, 0.3) is 0 Å². The SMILES string of the molecule is C1=Cc2c(n(C3=CC(c4ccccc4)N=C3)c3c4ccccc4c4sc5ccccc5c4c23)CC1. The zero-order valence-corrected chi connectivity index (χ0v) is 19.9. The fourth-order valence-corrected chi connectivity index (χ4v) is 7.27. The van der Waals surface area contributed by atoms with Crippen molar-refractivity contribution in [2.75, 3.05) is 0 Å². The van der Waals surface area contributed by atoms with Crippen LogP contribution >= 0.6 is 11.3 Å². The van der Waals surface area contributed by atoms with E-state index in [1.807, 2.05) is 11.3 Å². The van der Waals surface area contributed by atoms with Gasteiger partial charge in [-0.2, -0.15) is 0 Å². The van der Waals surface area contributed by atoms with Crippen LogP contribution in [0, 0.1) is 0 Å². The topological polar surface area (TPSA) is 17.3 Å². The lowest BCUT2D eigenvalue weighted by molar-refractivity contribution is 0.900. The molecule has 0 saturated carbocycles. The zero-order chi connectivity index (χ0) is 22.9. The Bertz CT molecular complexity index is 1900. The van der Waals surface area contributed by atoms with Crippen molar-refractivity contribution in [1.82, 2.24) is 4.57 Å². The maximum atomic E-state index is 4.93. The van der Waals surface area contributed by atoms with Gasteiger partial charge in [0.15, 0.2) is 0 Å². The van der Waals surface area contributed by atoms with E-state index in [0.717, 1.165) is 12.8 Å². The molecule has 0 bridgehead atoms. The van der Waals surface area contributed by atoms with Gasteiger partial charge in [0.1, 0.15) is 0 Å². The molecule has 0 amide bonds. The van der Waals surface area contributed by atoms with E-state index in [2.05, 4.69) is 108 Å². The molecule has 3 heterocycles. The summed E-state index contributed by atoms with van der Waals surface area (Å²) >= 11 is 1.92. The molecule has 2 aromatic heterocycles. The van der Waals surface area contributed by atoms with Gasteiger partial charge in [-0.05, 0) is 30.5 Å². The third kappa shape index (κ3) is 2.67. The number of aliphatic imine (C=N–C) groups is 1. The Morgan fingerprint density at radius 2 is 1.57 bits per heavy atom. The third-order valence-corrected chi connectivity index (χ3v) is 8.71. The molecular weight excluding hydrogens is 444 g/mol. The van der Waals surface area contributed by atoms with Gasteiger partial charge in [-0.15, -0.1) is 11.3 Å². The summed E-state index contributed by atoms with van der Waals surface area (Å²) in [6.45, 7) is 0. The van der Waals surface area contributed by atoms with E-state index in [-0.39, 0.29) is 6.04 Å². The lowest BCUT2D eigenvalue weighted by Crippen LogP contribution is -2.04. The first-order chi connectivity index (χ1) is 17.4. The molecule has 1 atom stereocenters. The van der Waals surface area contributed by atoms with Crippen molar-refractivity contribution < 1.29 is 0 Å². The number of rotatable bonds is 2. The Morgan fingerprint density at radius 3 is 2.46 bits per heavy atom. The van der Waals surface area contributed by atoms with Gasteiger partial charge in [0.05, 0.1) is 17.3 Å². The van der Waals surface area contributed by atoms with Crippen LogP contribution < -0.4 is 0 Å². The second-order valence-corrected chi connectivity index (χ2v) is 10.5. The van der Waals surface area contributed by atoms with Crippen LogP contribution in [0.5, 0.6) is 0 Å². The van der Waals surface area contributed by atoms with Crippen molar-refractivity contribution in [2.45, 2.75) is 18.9 Å². The van der Waals surface area contributed by atoms with Crippen LogP contribution in [0.15, 0.2) is 96.0 Å². The molecule has 3 heteroatoms. The molecule has 6 aromatic rings. The highest BCUT2D eigenvalue weighted by Gasteiger charge is 2.27. The van der Waals surface area contributed by atoms with E-state index in [1.54, 1.807) is 0 Å². The van der Waals surface area contributed by atoms with E-state index in [9.17, 15) is 0 Å². The summed E-state index contributed by atoms with van der Waals surface area (Å²) in [7, 11) is 0. The summed E-state index contributed by atoms with van der Waals surface area (Å²) in [6.07, 6.45) is 11.2. The second kappa shape index (κ2) is 7.27. The Kier molecular flexibility index (Phi) is 4.02. The van der Waals surface area contributed by atoms with Gasteiger partial charge < -0.3 is 4.57 Å². The predicted molar refractivity (Wildman–Crippen MR) is 152 cm³/mol. The first-order valence-electron chi connectivity index (χ1n) is 12.2. The molecular formula is C32H22N2S. The first kappa shape index (κ1) is 19.4. The minimum absolute atomic E-state index is 0.0652. The molecule has 166 valence electrons. The monoisotopic (exact) mass is 466 g/mol.